The zero-order valence-electron chi connectivity index (χ0n) is 10.2. The molecule has 0 spiro atoms. The summed E-state index contributed by atoms with van der Waals surface area (Å²) < 4.78 is 18.8. The zero-order valence-corrected chi connectivity index (χ0v) is 10.9. The molecule has 0 saturated carbocycles. The second-order valence-electron chi connectivity index (χ2n) is 4.18. The summed E-state index contributed by atoms with van der Waals surface area (Å²) in [6.07, 6.45) is 0. The molecule has 0 radical (unpaired) electrons. The van der Waals surface area contributed by atoms with Gasteiger partial charge in [-0.2, -0.15) is 4.98 Å². The number of anilines is 1. The van der Waals surface area contributed by atoms with E-state index in [1.807, 2.05) is 0 Å². The van der Waals surface area contributed by atoms with Crippen molar-refractivity contribution in [2.24, 2.45) is 0 Å². The van der Waals surface area contributed by atoms with Crippen molar-refractivity contribution < 1.29 is 8.91 Å². The standard InChI is InChI=1S/C14H9ClFN3O/c15-9-5-8(6-10(17)7-9)14-18-13(19-20-14)11-3-1-2-4-12(11)16/h1-7H,17H2. The molecule has 100 valence electrons. The van der Waals surface area contributed by atoms with Crippen LogP contribution in [-0.2, 0) is 0 Å². The Labute approximate surface area is 119 Å². The maximum Gasteiger partial charge on any atom is 0.258 e. The SMILES string of the molecule is Nc1cc(Cl)cc(-c2nc(-c3ccccc3F)no2)c1. The van der Waals surface area contributed by atoms with Gasteiger partial charge in [0.2, 0.25) is 5.82 Å². The molecule has 1 aromatic heterocycles. The van der Waals surface area contributed by atoms with E-state index in [4.69, 9.17) is 21.9 Å². The van der Waals surface area contributed by atoms with Crippen LogP contribution in [0.1, 0.15) is 0 Å². The Morgan fingerprint density at radius 3 is 2.70 bits per heavy atom. The molecule has 0 aliphatic carbocycles. The smallest absolute Gasteiger partial charge is 0.258 e. The highest BCUT2D eigenvalue weighted by Crippen LogP contribution is 2.27. The third kappa shape index (κ3) is 2.35. The molecule has 0 unspecified atom stereocenters. The molecule has 0 saturated heterocycles. The van der Waals surface area contributed by atoms with Crippen molar-refractivity contribution >= 4 is 17.3 Å². The van der Waals surface area contributed by atoms with Crippen LogP contribution in [0.15, 0.2) is 47.0 Å². The number of nitrogen functional groups attached to an aromatic ring is 1. The summed E-state index contributed by atoms with van der Waals surface area (Å²) in [7, 11) is 0. The molecule has 0 amide bonds. The van der Waals surface area contributed by atoms with Gasteiger partial charge < -0.3 is 10.3 Å². The molecule has 0 bridgehead atoms. The maximum atomic E-state index is 13.7. The van der Waals surface area contributed by atoms with Gasteiger partial charge >= 0.3 is 0 Å². The predicted octanol–water partition coefficient (Wildman–Crippen LogP) is 3.78. The van der Waals surface area contributed by atoms with Crippen LogP contribution in [0.4, 0.5) is 10.1 Å². The highest BCUT2D eigenvalue weighted by Gasteiger charge is 2.14. The minimum atomic E-state index is -0.412. The van der Waals surface area contributed by atoms with Crippen molar-refractivity contribution in [1.29, 1.82) is 0 Å². The molecule has 3 aromatic rings. The Hall–Kier alpha value is -2.40. The van der Waals surface area contributed by atoms with Gasteiger partial charge in [-0.3, -0.25) is 0 Å². The normalized spacial score (nSPS) is 10.7. The highest BCUT2D eigenvalue weighted by atomic mass is 35.5. The van der Waals surface area contributed by atoms with E-state index in [2.05, 4.69) is 10.1 Å². The van der Waals surface area contributed by atoms with Gasteiger partial charge in [-0.15, -0.1) is 0 Å². The van der Waals surface area contributed by atoms with Gasteiger partial charge in [-0.25, -0.2) is 4.39 Å². The van der Waals surface area contributed by atoms with E-state index in [0.717, 1.165) is 0 Å². The van der Waals surface area contributed by atoms with Gasteiger partial charge in [0.15, 0.2) is 0 Å². The summed E-state index contributed by atoms with van der Waals surface area (Å²) >= 11 is 5.92. The van der Waals surface area contributed by atoms with Crippen LogP contribution < -0.4 is 5.73 Å². The molecule has 20 heavy (non-hydrogen) atoms. The van der Waals surface area contributed by atoms with Crippen molar-refractivity contribution in [3.8, 4) is 22.8 Å². The second kappa shape index (κ2) is 4.94. The van der Waals surface area contributed by atoms with Gasteiger partial charge in [-0.1, -0.05) is 28.9 Å². The monoisotopic (exact) mass is 289 g/mol. The van der Waals surface area contributed by atoms with E-state index in [1.165, 1.54) is 6.07 Å². The number of nitrogens with zero attached hydrogens (tertiary/aromatic N) is 2. The molecule has 6 heteroatoms. The summed E-state index contributed by atoms with van der Waals surface area (Å²) in [6, 6.07) is 11.1. The van der Waals surface area contributed by atoms with E-state index < -0.39 is 5.82 Å². The van der Waals surface area contributed by atoms with Crippen molar-refractivity contribution in [3.63, 3.8) is 0 Å². The zero-order chi connectivity index (χ0) is 14.1. The van der Waals surface area contributed by atoms with Crippen LogP contribution in [0, 0.1) is 5.82 Å². The molecule has 1 heterocycles. The number of hydrogen-bond donors (Lipinski definition) is 1. The summed E-state index contributed by atoms with van der Waals surface area (Å²) in [6.45, 7) is 0. The maximum absolute atomic E-state index is 13.7. The minimum absolute atomic E-state index is 0.177. The lowest BCUT2D eigenvalue weighted by Gasteiger charge is -1.98. The molecule has 0 fully saturated rings. The summed E-state index contributed by atoms with van der Waals surface area (Å²) in [5, 5.41) is 4.24. The first-order chi connectivity index (χ1) is 9.63. The van der Waals surface area contributed by atoms with Gasteiger partial charge in [0, 0.05) is 16.3 Å². The first kappa shape index (κ1) is 12.6. The van der Waals surface area contributed by atoms with E-state index >= 15 is 0 Å². The van der Waals surface area contributed by atoms with E-state index in [0.29, 0.717) is 16.3 Å². The predicted molar refractivity (Wildman–Crippen MR) is 74.6 cm³/mol. The Balaban J connectivity index is 2.04. The lowest BCUT2D eigenvalue weighted by molar-refractivity contribution is 0.432. The van der Waals surface area contributed by atoms with Crippen LogP contribution in [0.5, 0.6) is 0 Å². The molecule has 2 N–H and O–H groups in total. The molecular formula is C14H9ClFN3O. The van der Waals surface area contributed by atoms with E-state index in [-0.39, 0.29) is 17.3 Å². The van der Waals surface area contributed by atoms with Crippen LogP contribution in [0.3, 0.4) is 0 Å². The first-order valence-corrected chi connectivity index (χ1v) is 6.16. The van der Waals surface area contributed by atoms with Crippen LogP contribution >= 0.6 is 11.6 Å². The molecule has 0 atom stereocenters. The van der Waals surface area contributed by atoms with Crippen molar-refractivity contribution in [1.82, 2.24) is 10.1 Å². The molecule has 4 nitrogen and oxygen atoms in total. The lowest BCUT2D eigenvalue weighted by Crippen LogP contribution is -1.87. The van der Waals surface area contributed by atoms with Crippen LogP contribution in [0.25, 0.3) is 22.8 Å². The Bertz CT molecular complexity index is 752. The molecule has 0 aliphatic rings. The van der Waals surface area contributed by atoms with E-state index in [9.17, 15) is 4.39 Å². The van der Waals surface area contributed by atoms with Crippen molar-refractivity contribution in [2.75, 3.05) is 5.73 Å². The van der Waals surface area contributed by atoms with Crippen molar-refractivity contribution in [3.05, 3.63) is 53.3 Å². The van der Waals surface area contributed by atoms with Gasteiger partial charge in [0.1, 0.15) is 5.82 Å². The van der Waals surface area contributed by atoms with E-state index in [1.54, 1.807) is 36.4 Å². The number of hydrogen-bond acceptors (Lipinski definition) is 4. The third-order valence-electron chi connectivity index (χ3n) is 2.71. The second-order valence-corrected chi connectivity index (χ2v) is 4.61. The Kier molecular flexibility index (Phi) is 3.12. The van der Waals surface area contributed by atoms with Crippen molar-refractivity contribution in [2.45, 2.75) is 0 Å². The largest absolute Gasteiger partial charge is 0.399 e. The topological polar surface area (TPSA) is 64.9 Å². The van der Waals surface area contributed by atoms with Gasteiger partial charge in [0.05, 0.1) is 5.56 Å². The fourth-order valence-electron chi connectivity index (χ4n) is 1.83. The summed E-state index contributed by atoms with van der Waals surface area (Å²) in [4.78, 5) is 4.16. The molecule has 0 aliphatic heterocycles. The summed E-state index contributed by atoms with van der Waals surface area (Å²) in [5.41, 5.74) is 7.05. The average Bonchev–Trinajstić information content (AvgIpc) is 2.87. The number of benzene rings is 2. The number of nitrogens with two attached hydrogens (primary N) is 1. The van der Waals surface area contributed by atoms with Crippen LogP contribution in [-0.4, -0.2) is 10.1 Å². The minimum Gasteiger partial charge on any atom is -0.399 e. The third-order valence-corrected chi connectivity index (χ3v) is 2.93. The Morgan fingerprint density at radius 1 is 1.15 bits per heavy atom. The number of halogens is 2. The molecule has 3 rings (SSSR count). The Morgan fingerprint density at radius 2 is 1.95 bits per heavy atom. The summed E-state index contributed by atoms with van der Waals surface area (Å²) in [5.74, 6) is -0.000409. The number of rotatable bonds is 2. The fourth-order valence-corrected chi connectivity index (χ4v) is 2.07. The fraction of sp³-hybridized carbons (Fsp3) is 0. The van der Waals surface area contributed by atoms with Gasteiger partial charge in [-0.05, 0) is 30.3 Å². The molecule has 2 aromatic carbocycles. The first-order valence-electron chi connectivity index (χ1n) is 5.78. The number of aromatic nitrogens is 2. The average molecular weight is 290 g/mol. The lowest BCUT2D eigenvalue weighted by atomic mass is 10.2. The molecular weight excluding hydrogens is 281 g/mol. The van der Waals surface area contributed by atoms with Gasteiger partial charge in [0.25, 0.3) is 5.89 Å². The highest BCUT2D eigenvalue weighted by molar-refractivity contribution is 6.31. The van der Waals surface area contributed by atoms with Crippen LogP contribution in [0.2, 0.25) is 5.02 Å². The quantitative estimate of drug-likeness (QED) is 0.729.